The third-order valence-corrected chi connectivity index (χ3v) is 5.22. The standard InChI is InChI=1S/C19H17N3O3S/c1-12-5-7-15(8-6-12)22-13(2)18(23)21(19(22)24)10-14-11-25-17(20-14)16-4-3-9-26-16/h3-9,11,13H,10H2,1-2H3. The molecule has 132 valence electrons. The molecule has 1 fully saturated rings. The van der Waals surface area contributed by atoms with Crippen LogP contribution in [0.4, 0.5) is 10.5 Å². The van der Waals surface area contributed by atoms with E-state index in [0.717, 1.165) is 10.4 Å². The van der Waals surface area contributed by atoms with E-state index in [1.54, 1.807) is 6.92 Å². The molecule has 6 nitrogen and oxygen atoms in total. The van der Waals surface area contributed by atoms with Gasteiger partial charge in [0.25, 0.3) is 5.91 Å². The minimum atomic E-state index is -0.547. The summed E-state index contributed by atoms with van der Waals surface area (Å²) >= 11 is 1.52. The van der Waals surface area contributed by atoms with Crippen LogP contribution in [0.15, 0.2) is 52.5 Å². The molecule has 1 aliphatic heterocycles. The zero-order valence-electron chi connectivity index (χ0n) is 14.4. The minimum Gasteiger partial charge on any atom is -0.443 e. The summed E-state index contributed by atoms with van der Waals surface area (Å²) in [6.45, 7) is 3.81. The fourth-order valence-electron chi connectivity index (χ4n) is 2.97. The van der Waals surface area contributed by atoms with Gasteiger partial charge in [-0.05, 0) is 37.4 Å². The number of urea groups is 1. The van der Waals surface area contributed by atoms with Crippen LogP contribution >= 0.6 is 11.3 Å². The summed E-state index contributed by atoms with van der Waals surface area (Å²) in [6, 6.07) is 10.5. The van der Waals surface area contributed by atoms with Gasteiger partial charge in [-0.3, -0.25) is 14.6 Å². The van der Waals surface area contributed by atoms with Gasteiger partial charge in [-0.25, -0.2) is 9.78 Å². The van der Waals surface area contributed by atoms with E-state index in [1.807, 2.05) is 48.7 Å². The normalized spacial score (nSPS) is 17.4. The quantitative estimate of drug-likeness (QED) is 0.652. The number of hydrogen-bond acceptors (Lipinski definition) is 5. The molecule has 3 amide bonds. The highest BCUT2D eigenvalue weighted by atomic mass is 32.1. The first-order valence-corrected chi connectivity index (χ1v) is 9.12. The van der Waals surface area contributed by atoms with Crippen molar-refractivity contribution in [3.8, 4) is 10.8 Å². The van der Waals surface area contributed by atoms with Crippen LogP contribution in [0, 0.1) is 6.92 Å². The van der Waals surface area contributed by atoms with Crippen LogP contribution in [0.3, 0.4) is 0 Å². The molecule has 0 saturated carbocycles. The van der Waals surface area contributed by atoms with Gasteiger partial charge in [0, 0.05) is 5.69 Å². The number of benzene rings is 1. The molecule has 0 spiro atoms. The number of rotatable bonds is 4. The number of aryl methyl sites for hydroxylation is 1. The van der Waals surface area contributed by atoms with Gasteiger partial charge in [-0.1, -0.05) is 23.8 Å². The number of aromatic nitrogens is 1. The molecule has 26 heavy (non-hydrogen) atoms. The van der Waals surface area contributed by atoms with Crippen LogP contribution in [0.25, 0.3) is 10.8 Å². The lowest BCUT2D eigenvalue weighted by molar-refractivity contribution is -0.127. The first-order chi connectivity index (χ1) is 12.5. The molecule has 0 bridgehead atoms. The van der Waals surface area contributed by atoms with Gasteiger partial charge < -0.3 is 4.42 Å². The lowest BCUT2D eigenvalue weighted by Gasteiger charge is -2.19. The molecule has 1 aliphatic rings. The summed E-state index contributed by atoms with van der Waals surface area (Å²) < 4.78 is 5.48. The first-order valence-electron chi connectivity index (χ1n) is 8.24. The maximum Gasteiger partial charge on any atom is 0.332 e. The number of carbonyl (C=O) groups is 2. The van der Waals surface area contributed by atoms with Crippen molar-refractivity contribution in [1.29, 1.82) is 0 Å². The zero-order chi connectivity index (χ0) is 18.3. The smallest absolute Gasteiger partial charge is 0.332 e. The Morgan fingerprint density at radius 2 is 1.96 bits per heavy atom. The minimum absolute atomic E-state index is 0.0965. The highest BCUT2D eigenvalue weighted by Gasteiger charge is 2.43. The lowest BCUT2D eigenvalue weighted by atomic mass is 10.2. The second-order valence-corrected chi connectivity index (χ2v) is 7.16. The van der Waals surface area contributed by atoms with E-state index < -0.39 is 6.04 Å². The Kier molecular flexibility index (Phi) is 4.08. The Balaban J connectivity index is 1.56. The van der Waals surface area contributed by atoms with E-state index in [9.17, 15) is 9.59 Å². The van der Waals surface area contributed by atoms with Gasteiger partial charge in [0.15, 0.2) is 0 Å². The summed E-state index contributed by atoms with van der Waals surface area (Å²) in [6.07, 6.45) is 1.49. The van der Waals surface area contributed by atoms with Crippen LogP contribution in [-0.4, -0.2) is 27.9 Å². The summed E-state index contributed by atoms with van der Waals surface area (Å²) in [5.41, 5.74) is 2.36. The maximum absolute atomic E-state index is 12.8. The number of nitrogens with zero attached hydrogens (tertiary/aromatic N) is 3. The molecule has 7 heteroatoms. The van der Waals surface area contributed by atoms with Gasteiger partial charge in [-0.15, -0.1) is 11.3 Å². The van der Waals surface area contributed by atoms with E-state index in [0.29, 0.717) is 17.3 Å². The predicted molar refractivity (Wildman–Crippen MR) is 98.9 cm³/mol. The lowest BCUT2D eigenvalue weighted by Crippen LogP contribution is -2.33. The van der Waals surface area contributed by atoms with Crippen molar-refractivity contribution in [2.45, 2.75) is 26.4 Å². The van der Waals surface area contributed by atoms with E-state index in [1.165, 1.54) is 27.4 Å². The van der Waals surface area contributed by atoms with E-state index >= 15 is 0 Å². The molecule has 1 aromatic carbocycles. The molecule has 0 N–H and O–H groups in total. The second kappa shape index (κ2) is 6.42. The highest BCUT2D eigenvalue weighted by molar-refractivity contribution is 7.13. The largest absolute Gasteiger partial charge is 0.443 e. The molecular weight excluding hydrogens is 350 g/mol. The van der Waals surface area contributed by atoms with Crippen molar-refractivity contribution < 1.29 is 14.0 Å². The number of hydrogen-bond donors (Lipinski definition) is 0. The SMILES string of the molecule is Cc1ccc(N2C(=O)N(Cc3coc(-c4cccs4)n3)C(=O)C2C)cc1. The van der Waals surface area contributed by atoms with Crippen molar-refractivity contribution in [1.82, 2.24) is 9.88 Å². The van der Waals surface area contributed by atoms with E-state index in [4.69, 9.17) is 4.42 Å². The molecule has 0 aliphatic carbocycles. The number of carbonyl (C=O) groups excluding carboxylic acids is 2. The zero-order valence-corrected chi connectivity index (χ0v) is 15.2. The number of imide groups is 1. The van der Waals surface area contributed by atoms with Crippen LogP contribution in [0.5, 0.6) is 0 Å². The highest BCUT2D eigenvalue weighted by Crippen LogP contribution is 2.28. The molecular formula is C19H17N3O3S. The number of oxazole rings is 1. The average molecular weight is 367 g/mol. The maximum atomic E-state index is 12.8. The van der Waals surface area contributed by atoms with Crippen molar-refractivity contribution in [2.24, 2.45) is 0 Å². The monoisotopic (exact) mass is 367 g/mol. The molecule has 1 atom stereocenters. The van der Waals surface area contributed by atoms with Gasteiger partial charge in [-0.2, -0.15) is 0 Å². The Hall–Kier alpha value is -2.93. The summed E-state index contributed by atoms with van der Waals surface area (Å²) in [4.78, 5) is 33.5. The van der Waals surface area contributed by atoms with Gasteiger partial charge in [0.05, 0.1) is 17.1 Å². The summed E-state index contributed by atoms with van der Waals surface area (Å²) in [5, 5.41) is 1.94. The Bertz CT molecular complexity index is 947. The summed E-state index contributed by atoms with van der Waals surface area (Å²) in [7, 11) is 0. The fraction of sp³-hybridized carbons (Fsp3) is 0.211. The number of thiophene rings is 1. The number of anilines is 1. The van der Waals surface area contributed by atoms with Crippen molar-refractivity contribution in [3.05, 3.63) is 59.3 Å². The Labute approximate surface area is 154 Å². The van der Waals surface area contributed by atoms with Gasteiger partial charge in [0.1, 0.15) is 12.3 Å². The van der Waals surface area contributed by atoms with Gasteiger partial charge in [0.2, 0.25) is 5.89 Å². The van der Waals surface area contributed by atoms with Gasteiger partial charge >= 0.3 is 6.03 Å². The second-order valence-electron chi connectivity index (χ2n) is 6.21. The predicted octanol–water partition coefficient (Wildman–Crippen LogP) is 4.07. The third-order valence-electron chi connectivity index (χ3n) is 4.36. The molecule has 2 aromatic heterocycles. The number of amides is 3. The molecule has 1 saturated heterocycles. The van der Waals surface area contributed by atoms with Crippen LogP contribution in [0.2, 0.25) is 0 Å². The van der Waals surface area contributed by atoms with E-state index in [-0.39, 0.29) is 18.5 Å². The van der Waals surface area contributed by atoms with Crippen molar-refractivity contribution in [2.75, 3.05) is 4.90 Å². The Morgan fingerprint density at radius 1 is 1.19 bits per heavy atom. The Morgan fingerprint density at radius 3 is 2.65 bits per heavy atom. The molecule has 1 unspecified atom stereocenters. The molecule has 4 rings (SSSR count). The molecule has 0 radical (unpaired) electrons. The summed E-state index contributed by atoms with van der Waals surface area (Å²) in [5.74, 6) is 0.258. The van der Waals surface area contributed by atoms with Crippen LogP contribution < -0.4 is 4.90 Å². The third kappa shape index (κ3) is 2.80. The van der Waals surface area contributed by atoms with Crippen LogP contribution in [0.1, 0.15) is 18.2 Å². The van der Waals surface area contributed by atoms with Crippen molar-refractivity contribution >= 4 is 29.0 Å². The first kappa shape index (κ1) is 16.5. The molecule has 3 aromatic rings. The molecule has 3 heterocycles. The average Bonchev–Trinajstić information content (AvgIpc) is 3.35. The van der Waals surface area contributed by atoms with Crippen LogP contribution in [-0.2, 0) is 11.3 Å². The van der Waals surface area contributed by atoms with E-state index in [2.05, 4.69) is 4.98 Å². The topological polar surface area (TPSA) is 66.7 Å². The van der Waals surface area contributed by atoms with Crippen molar-refractivity contribution in [3.63, 3.8) is 0 Å². The fourth-order valence-corrected chi connectivity index (χ4v) is 3.62.